The SMILES string of the molecule is CCC[C@H](O)C(=O)N[C@@H]1CC(N)[C@H](O[C@@H]2OC(CO)[C@H](O)[C@H](O)C2N)[C@H](O[C@@H]2O[C@H](CN)[C@H](O)C2O)C1O. The zero-order valence-electron chi connectivity index (χ0n) is 21.1. The van der Waals surface area contributed by atoms with E-state index in [1.807, 2.05) is 0 Å². The van der Waals surface area contributed by atoms with Crippen LogP contribution in [-0.4, -0.2) is 147 Å². The summed E-state index contributed by atoms with van der Waals surface area (Å²) < 4.78 is 22.8. The molecule has 0 spiro atoms. The Hall–Kier alpha value is -1.09. The van der Waals surface area contributed by atoms with Gasteiger partial charge in [-0.25, -0.2) is 0 Å². The number of nitrogens with two attached hydrogens (primary N) is 3. The normalized spacial score (nSPS) is 46.6. The fraction of sp³-hybridized carbons (Fsp3) is 0.955. The van der Waals surface area contributed by atoms with Crippen molar-refractivity contribution in [1.82, 2.24) is 5.32 Å². The molecule has 0 radical (unpaired) electrons. The van der Waals surface area contributed by atoms with Crippen molar-refractivity contribution < 1.29 is 59.5 Å². The van der Waals surface area contributed by atoms with Gasteiger partial charge >= 0.3 is 0 Å². The second-order valence-electron chi connectivity index (χ2n) is 10.1. The van der Waals surface area contributed by atoms with E-state index in [2.05, 4.69) is 5.32 Å². The van der Waals surface area contributed by atoms with Crippen molar-refractivity contribution in [3.63, 3.8) is 0 Å². The van der Waals surface area contributed by atoms with E-state index in [0.29, 0.717) is 6.42 Å². The number of hydrogen-bond donors (Lipinski definition) is 11. The number of carbonyl (C=O) groups is 1. The zero-order chi connectivity index (χ0) is 28.3. The molecule has 38 heavy (non-hydrogen) atoms. The van der Waals surface area contributed by atoms with Crippen molar-refractivity contribution in [2.75, 3.05) is 13.2 Å². The Labute approximate surface area is 219 Å². The maximum absolute atomic E-state index is 12.5. The summed E-state index contributed by atoms with van der Waals surface area (Å²) in [5.74, 6) is -0.725. The molecular formula is C22H42N4O12. The number of aliphatic hydroxyl groups excluding tert-OH is 7. The van der Waals surface area contributed by atoms with Gasteiger partial charge in [-0.3, -0.25) is 4.79 Å². The monoisotopic (exact) mass is 554 g/mol. The summed E-state index contributed by atoms with van der Waals surface area (Å²) in [5.41, 5.74) is 17.9. The molecule has 2 saturated heterocycles. The summed E-state index contributed by atoms with van der Waals surface area (Å²) in [5, 5.41) is 74.3. The number of hydrogen-bond acceptors (Lipinski definition) is 15. The second kappa shape index (κ2) is 13.5. The number of ether oxygens (including phenoxy) is 4. The first kappa shape index (κ1) is 31.4. The Bertz CT molecular complexity index is 768. The highest BCUT2D eigenvalue weighted by Crippen LogP contribution is 2.32. The van der Waals surface area contributed by atoms with Crippen molar-refractivity contribution >= 4 is 5.91 Å². The number of amides is 1. The lowest BCUT2D eigenvalue weighted by Gasteiger charge is -2.47. The number of nitrogens with one attached hydrogen (secondary N) is 1. The van der Waals surface area contributed by atoms with Crippen LogP contribution >= 0.6 is 0 Å². The third-order valence-corrected chi connectivity index (χ3v) is 7.27. The zero-order valence-corrected chi connectivity index (χ0v) is 21.1. The van der Waals surface area contributed by atoms with Gasteiger partial charge in [0.15, 0.2) is 12.6 Å². The largest absolute Gasteiger partial charge is 0.394 e. The molecule has 0 aromatic carbocycles. The van der Waals surface area contributed by atoms with Crippen molar-refractivity contribution in [3.8, 4) is 0 Å². The van der Waals surface area contributed by atoms with Crippen LogP contribution in [0.1, 0.15) is 26.2 Å². The Morgan fingerprint density at radius 2 is 1.55 bits per heavy atom. The minimum absolute atomic E-state index is 0.0467. The molecule has 1 amide bonds. The Morgan fingerprint density at radius 1 is 0.947 bits per heavy atom. The highest BCUT2D eigenvalue weighted by atomic mass is 16.7. The maximum Gasteiger partial charge on any atom is 0.249 e. The average molecular weight is 555 g/mol. The molecule has 16 nitrogen and oxygen atoms in total. The van der Waals surface area contributed by atoms with E-state index < -0.39 is 104 Å². The Morgan fingerprint density at radius 3 is 2.13 bits per heavy atom. The molecule has 5 unspecified atom stereocenters. The minimum atomic E-state index is -1.54. The van der Waals surface area contributed by atoms with Crippen LogP contribution in [-0.2, 0) is 23.7 Å². The molecule has 1 aliphatic carbocycles. The topological polar surface area (TPSA) is 286 Å². The molecule has 16 heteroatoms. The first-order chi connectivity index (χ1) is 17.9. The van der Waals surface area contributed by atoms with Crippen molar-refractivity contribution in [3.05, 3.63) is 0 Å². The van der Waals surface area contributed by atoms with Crippen LogP contribution in [0, 0.1) is 0 Å². The van der Waals surface area contributed by atoms with Gasteiger partial charge < -0.3 is 77.2 Å². The van der Waals surface area contributed by atoms with Crippen molar-refractivity contribution in [1.29, 1.82) is 0 Å². The summed E-state index contributed by atoms with van der Waals surface area (Å²) in [6, 6.07) is -3.25. The van der Waals surface area contributed by atoms with E-state index in [1.54, 1.807) is 6.92 Å². The predicted molar refractivity (Wildman–Crippen MR) is 127 cm³/mol. The van der Waals surface area contributed by atoms with Crippen LogP contribution in [0.25, 0.3) is 0 Å². The van der Waals surface area contributed by atoms with Crippen molar-refractivity contribution in [2.45, 2.75) is 118 Å². The van der Waals surface area contributed by atoms with Gasteiger partial charge in [0.05, 0.1) is 18.7 Å². The van der Waals surface area contributed by atoms with E-state index in [9.17, 15) is 40.5 Å². The fourth-order valence-electron chi connectivity index (χ4n) is 4.96. The van der Waals surface area contributed by atoms with E-state index in [-0.39, 0.29) is 19.4 Å². The molecule has 3 fully saturated rings. The van der Waals surface area contributed by atoms with E-state index >= 15 is 0 Å². The molecule has 3 aliphatic rings. The molecule has 222 valence electrons. The first-order valence-electron chi connectivity index (χ1n) is 12.8. The lowest BCUT2D eigenvalue weighted by atomic mass is 9.83. The predicted octanol–water partition coefficient (Wildman–Crippen LogP) is -6.33. The lowest BCUT2D eigenvalue weighted by Crippen LogP contribution is -2.69. The highest BCUT2D eigenvalue weighted by molar-refractivity contribution is 5.80. The van der Waals surface area contributed by atoms with Crippen LogP contribution in [0.2, 0.25) is 0 Å². The summed E-state index contributed by atoms with van der Waals surface area (Å²) >= 11 is 0. The van der Waals surface area contributed by atoms with E-state index in [0.717, 1.165) is 0 Å². The first-order valence-corrected chi connectivity index (χ1v) is 12.8. The van der Waals surface area contributed by atoms with Gasteiger partial charge in [0.25, 0.3) is 0 Å². The quantitative estimate of drug-likeness (QED) is 0.120. The molecule has 1 saturated carbocycles. The molecule has 0 aromatic heterocycles. The van der Waals surface area contributed by atoms with E-state index in [4.69, 9.17) is 36.1 Å². The van der Waals surface area contributed by atoms with Gasteiger partial charge in [-0.1, -0.05) is 13.3 Å². The number of aliphatic hydroxyl groups is 7. The molecule has 3 rings (SSSR count). The summed E-state index contributed by atoms with van der Waals surface area (Å²) in [7, 11) is 0. The Kier molecular flexibility index (Phi) is 11.2. The maximum atomic E-state index is 12.5. The van der Waals surface area contributed by atoms with Crippen molar-refractivity contribution in [2.24, 2.45) is 17.2 Å². The molecule has 15 atom stereocenters. The fourth-order valence-corrected chi connectivity index (χ4v) is 4.96. The standard InChI is InChI=1S/C22H42N4O12/c1-2-3-9(28)20(34)26-8-4-7(24)18(37-21-12(25)16(32)15(31)11(6-27)36-21)19(13(8)29)38-22-17(33)14(30)10(5-23)35-22/h7-19,21-22,27-33H,2-6,23-25H2,1H3,(H,26,34)/t7?,8-,9+,10-,11?,12?,13?,14+,15+,16-,17?,18+,19-,21+,22+/m1/s1. The molecule has 14 N–H and O–H groups in total. The van der Waals surface area contributed by atoms with Gasteiger partial charge in [0.2, 0.25) is 5.91 Å². The Balaban J connectivity index is 1.84. The van der Waals surface area contributed by atoms with Gasteiger partial charge in [-0.2, -0.15) is 0 Å². The summed E-state index contributed by atoms with van der Waals surface area (Å²) in [4.78, 5) is 12.5. The summed E-state index contributed by atoms with van der Waals surface area (Å²) in [6.07, 6.45) is -15.8. The minimum Gasteiger partial charge on any atom is -0.394 e. The van der Waals surface area contributed by atoms with Crippen LogP contribution in [0.4, 0.5) is 0 Å². The average Bonchev–Trinajstić information content (AvgIpc) is 3.16. The lowest BCUT2D eigenvalue weighted by molar-refractivity contribution is -0.310. The van der Waals surface area contributed by atoms with Gasteiger partial charge in [-0.15, -0.1) is 0 Å². The van der Waals surface area contributed by atoms with Crippen LogP contribution in [0.3, 0.4) is 0 Å². The van der Waals surface area contributed by atoms with Crippen LogP contribution in [0.5, 0.6) is 0 Å². The van der Waals surface area contributed by atoms with Gasteiger partial charge in [0, 0.05) is 12.6 Å². The molecule has 0 bridgehead atoms. The smallest absolute Gasteiger partial charge is 0.249 e. The van der Waals surface area contributed by atoms with E-state index in [1.165, 1.54) is 0 Å². The molecular weight excluding hydrogens is 512 g/mol. The summed E-state index contributed by atoms with van der Waals surface area (Å²) in [6.45, 7) is 1.00. The molecule has 2 aliphatic heterocycles. The van der Waals surface area contributed by atoms with Crippen LogP contribution < -0.4 is 22.5 Å². The molecule has 2 heterocycles. The third kappa shape index (κ3) is 6.61. The van der Waals surface area contributed by atoms with Gasteiger partial charge in [-0.05, 0) is 12.8 Å². The third-order valence-electron chi connectivity index (χ3n) is 7.27. The molecule has 0 aromatic rings. The number of carbonyl (C=O) groups excluding carboxylic acids is 1. The van der Waals surface area contributed by atoms with Gasteiger partial charge in [0.1, 0.15) is 61.0 Å². The van der Waals surface area contributed by atoms with Crippen LogP contribution in [0.15, 0.2) is 0 Å². The highest BCUT2D eigenvalue weighted by Gasteiger charge is 2.52. The second-order valence-corrected chi connectivity index (χ2v) is 10.1. The number of rotatable bonds is 10.